The molecule has 56 heavy (non-hydrogen) atoms. The lowest BCUT2D eigenvalue weighted by atomic mass is 9.91. The maximum absolute atomic E-state index is 6.52. The molecule has 0 bridgehead atoms. The maximum Gasteiger partial charge on any atom is 0.229 e. The van der Waals surface area contributed by atoms with Gasteiger partial charge in [0, 0.05) is 39.9 Å². The lowest BCUT2D eigenvalue weighted by molar-refractivity contribution is 0.652. The highest BCUT2D eigenvalue weighted by Gasteiger charge is 2.25. The number of pyridine rings is 2. The van der Waals surface area contributed by atoms with Gasteiger partial charge in [-0.2, -0.15) is 0 Å². The van der Waals surface area contributed by atoms with E-state index in [4.69, 9.17) is 14.4 Å². The van der Waals surface area contributed by atoms with Gasteiger partial charge in [0.1, 0.15) is 16.9 Å². The van der Waals surface area contributed by atoms with Crippen LogP contribution in [0.15, 0.2) is 193 Å². The topological polar surface area (TPSA) is 69.6 Å². The molecule has 0 N–H and O–H groups in total. The molecule has 0 radical (unpaired) electrons. The zero-order valence-electron chi connectivity index (χ0n) is 30.0. The summed E-state index contributed by atoms with van der Waals surface area (Å²) in [6.07, 6.45) is 3.50. The molecule has 11 rings (SSSR count). The number of para-hydroxylation sites is 1. The molecule has 6 heteroatoms. The van der Waals surface area contributed by atoms with Crippen molar-refractivity contribution in [2.45, 2.75) is 0 Å². The van der Waals surface area contributed by atoms with E-state index >= 15 is 0 Å². The molecule has 0 amide bonds. The summed E-state index contributed by atoms with van der Waals surface area (Å²) in [7, 11) is 0. The second kappa shape index (κ2) is 13.0. The predicted octanol–water partition coefficient (Wildman–Crippen LogP) is 12.6. The quantitative estimate of drug-likeness (QED) is 0.171. The molecule has 0 saturated carbocycles. The first kappa shape index (κ1) is 31.8. The first-order valence-corrected chi connectivity index (χ1v) is 18.6. The number of aromatic nitrogens is 5. The highest BCUT2D eigenvalue weighted by atomic mass is 16.3. The second-order valence-electron chi connectivity index (χ2n) is 13.8. The van der Waals surface area contributed by atoms with E-state index in [1.165, 1.54) is 21.9 Å². The molecule has 0 fully saturated rings. The summed E-state index contributed by atoms with van der Waals surface area (Å²) >= 11 is 0. The molecule has 0 aliphatic heterocycles. The van der Waals surface area contributed by atoms with Crippen LogP contribution >= 0.6 is 0 Å². The van der Waals surface area contributed by atoms with E-state index in [1.54, 1.807) is 12.4 Å². The second-order valence-corrected chi connectivity index (χ2v) is 13.8. The Hall–Kier alpha value is -7.70. The van der Waals surface area contributed by atoms with Crippen molar-refractivity contribution in [2.24, 2.45) is 0 Å². The highest BCUT2D eigenvalue weighted by Crippen LogP contribution is 2.45. The zero-order valence-corrected chi connectivity index (χ0v) is 30.0. The van der Waals surface area contributed by atoms with Crippen molar-refractivity contribution in [1.82, 2.24) is 24.5 Å². The lowest BCUT2D eigenvalue weighted by Crippen LogP contribution is -2.02. The molecule has 0 spiro atoms. The average molecular weight is 718 g/mol. The highest BCUT2D eigenvalue weighted by molar-refractivity contribution is 6.12. The monoisotopic (exact) mass is 717 g/mol. The molecule has 5 heterocycles. The van der Waals surface area contributed by atoms with Gasteiger partial charge >= 0.3 is 0 Å². The van der Waals surface area contributed by atoms with Crippen LogP contribution < -0.4 is 0 Å². The molecule has 5 aromatic heterocycles. The van der Waals surface area contributed by atoms with Gasteiger partial charge in [0.15, 0.2) is 11.4 Å². The van der Waals surface area contributed by atoms with Gasteiger partial charge in [-0.3, -0.25) is 4.98 Å². The Morgan fingerprint density at radius 1 is 0.429 bits per heavy atom. The van der Waals surface area contributed by atoms with E-state index in [1.807, 2.05) is 30.3 Å². The van der Waals surface area contributed by atoms with E-state index in [2.05, 4.69) is 160 Å². The summed E-state index contributed by atoms with van der Waals surface area (Å²) in [4.78, 5) is 19.5. The summed E-state index contributed by atoms with van der Waals surface area (Å²) in [6.45, 7) is 0. The summed E-state index contributed by atoms with van der Waals surface area (Å²) in [5.74, 6) is 0.517. The van der Waals surface area contributed by atoms with Crippen molar-refractivity contribution < 1.29 is 4.42 Å². The minimum Gasteiger partial charge on any atom is -0.434 e. The zero-order chi connectivity index (χ0) is 37.0. The van der Waals surface area contributed by atoms with Crippen LogP contribution in [0.1, 0.15) is 0 Å². The molecule has 0 unspecified atom stereocenters. The number of rotatable bonds is 6. The molecule has 0 aliphatic carbocycles. The van der Waals surface area contributed by atoms with Gasteiger partial charge < -0.3 is 8.98 Å². The van der Waals surface area contributed by atoms with Crippen LogP contribution in [0.3, 0.4) is 0 Å². The Labute approximate surface area is 322 Å². The van der Waals surface area contributed by atoms with Gasteiger partial charge in [0.05, 0.1) is 22.1 Å². The molecule has 0 saturated heterocycles. The van der Waals surface area contributed by atoms with E-state index < -0.39 is 0 Å². The lowest BCUT2D eigenvalue weighted by Gasteiger charge is -2.21. The SMILES string of the molecule is c1ccc(-c2ccc3c(c2)c2ccccc2n3-c2c(-c3ccccc3)cc(-c3nc(-c4ccccn4)nc4c3oc3ncccc34)cc2-c2ccccc2)cc1. The van der Waals surface area contributed by atoms with Gasteiger partial charge in [0.2, 0.25) is 5.71 Å². The van der Waals surface area contributed by atoms with Crippen molar-refractivity contribution in [1.29, 1.82) is 0 Å². The van der Waals surface area contributed by atoms with Crippen molar-refractivity contribution in [3.8, 4) is 61.8 Å². The van der Waals surface area contributed by atoms with Crippen molar-refractivity contribution in [3.63, 3.8) is 0 Å². The van der Waals surface area contributed by atoms with Gasteiger partial charge in [-0.25, -0.2) is 15.0 Å². The smallest absolute Gasteiger partial charge is 0.229 e. The molecule has 0 atom stereocenters. The van der Waals surface area contributed by atoms with Crippen LogP contribution in [0.4, 0.5) is 0 Å². The Morgan fingerprint density at radius 2 is 1.05 bits per heavy atom. The van der Waals surface area contributed by atoms with Gasteiger partial charge in [0.25, 0.3) is 0 Å². The van der Waals surface area contributed by atoms with Gasteiger partial charge in [-0.15, -0.1) is 0 Å². The van der Waals surface area contributed by atoms with Crippen molar-refractivity contribution >= 4 is 44.0 Å². The third-order valence-corrected chi connectivity index (χ3v) is 10.5. The fraction of sp³-hybridized carbons (Fsp3) is 0. The third-order valence-electron chi connectivity index (χ3n) is 10.5. The van der Waals surface area contributed by atoms with Crippen LogP contribution in [0.2, 0.25) is 0 Å². The standard InChI is InChI=1S/C50H31N5O/c1-4-15-32(16-5-1)35-25-26-44-41(29-35)37-21-10-11-24-43(37)55(44)47-39(33-17-6-2-7-18-33)30-36(31-40(47)34-19-8-3-9-20-34)45-48-46(38-22-14-28-52-50(38)56-48)54-49(53-45)42-23-12-13-27-51-42/h1-31H. The number of fused-ring (bicyclic) bond motifs is 6. The van der Waals surface area contributed by atoms with E-state index in [0.29, 0.717) is 34.0 Å². The fourth-order valence-electron chi connectivity index (χ4n) is 8.00. The Morgan fingerprint density at radius 3 is 1.77 bits per heavy atom. The van der Waals surface area contributed by atoms with Crippen molar-refractivity contribution in [2.75, 3.05) is 0 Å². The number of benzene rings is 6. The average Bonchev–Trinajstić information content (AvgIpc) is 3.82. The molecule has 6 aromatic carbocycles. The number of furan rings is 1. The summed E-state index contributed by atoms with van der Waals surface area (Å²) < 4.78 is 8.96. The molecule has 11 aromatic rings. The van der Waals surface area contributed by atoms with Gasteiger partial charge in [-0.05, 0) is 76.9 Å². The minimum atomic E-state index is 0.513. The Kier molecular flexibility index (Phi) is 7.38. The molecule has 262 valence electrons. The van der Waals surface area contributed by atoms with Crippen LogP contribution in [0.25, 0.3) is 106 Å². The summed E-state index contributed by atoms with van der Waals surface area (Å²) in [6, 6.07) is 61.5. The molecule has 0 aliphatic rings. The normalized spacial score (nSPS) is 11.6. The molecule has 6 nitrogen and oxygen atoms in total. The largest absolute Gasteiger partial charge is 0.434 e. The minimum absolute atomic E-state index is 0.513. The van der Waals surface area contributed by atoms with Crippen LogP contribution in [0, 0.1) is 0 Å². The Bertz CT molecular complexity index is 3170. The Balaban J connectivity index is 1.27. The van der Waals surface area contributed by atoms with E-state index in [-0.39, 0.29) is 0 Å². The fourth-order valence-corrected chi connectivity index (χ4v) is 8.00. The number of hydrogen-bond donors (Lipinski definition) is 0. The number of hydrogen-bond acceptors (Lipinski definition) is 5. The van der Waals surface area contributed by atoms with Crippen LogP contribution in [-0.4, -0.2) is 24.5 Å². The summed E-state index contributed by atoms with van der Waals surface area (Å²) in [5.41, 5.74) is 14.0. The van der Waals surface area contributed by atoms with Crippen LogP contribution in [-0.2, 0) is 0 Å². The van der Waals surface area contributed by atoms with E-state index in [0.717, 1.165) is 49.9 Å². The van der Waals surface area contributed by atoms with Crippen LogP contribution in [0.5, 0.6) is 0 Å². The molecular formula is C50H31N5O. The third kappa shape index (κ3) is 5.19. The maximum atomic E-state index is 6.52. The summed E-state index contributed by atoms with van der Waals surface area (Å²) in [5, 5.41) is 3.21. The molecular weight excluding hydrogens is 687 g/mol. The predicted molar refractivity (Wildman–Crippen MR) is 226 cm³/mol. The van der Waals surface area contributed by atoms with E-state index in [9.17, 15) is 0 Å². The first-order chi connectivity index (χ1) is 27.8. The number of nitrogens with zero attached hydrogens (tertiary/aromatic N) is 5. The van der Waals surface area contributed by atoms with Gasteiger partial charge in [-0.1, -0.05) is 121 Å². The van der Waals surface area contributed by atoms with Crippen molar-refractivity contribution in [3.05, 3.63) is 188 Å². The first-order valence-electron chi connectivity index (χ1n) is 18.6.